The number of esters is 1. The quantitative estimate of drug-likeness (QED) is 0.458. The first-order chi connectivity index (χ1) is 9.19. The molecule has 110 valence electrons. The molecule has 3 heteroatoms. The highest BCUT2D eigenvalue weighted by Gasteiger charge is 2.20. The molecule has 1 unspecified atom stereocenters. The Labute approximate surface area is 121 Å². The molecule has 0 bridgehead atoms. The van der Waals surface area contributed by atoms with Crippen LogP contribution in [-0.4, -0.2) is 11.8 Å². The van der Waals surface area contributed by atoms with Gasteiger partial charge in [0.05, 0.1) is 5.56 Å². The van der Waals surface area contributed by atoms with Crippen molar-refractivity contribution in [3.63, 3.8) is 0 Å². The number of carbonyl (C=O) groups excluding carboxylic acids is 2. The zero-order valence-electron chi connectivity index (χ0n) is 13.0. The van der Waals surface area contributed by atoms with E-state index in [1.807, 2.05) is 0 Å². The number of ketones is 1. The van der Waals surface area contributed by atoms with Crippen LogP contribution < -0.4 is 4.74 Å². The maximum atomic E-state index is 12.4. The smallest absolute Gasteiger partial charge is 0.308 e. The van der Waals surface area contributed by atoms with Gasteiger partial charge in [0.1, 0.15) is 5.75 Å². The molecule has 0 heterocycles. The van der Waals surface area contributed by atoms with Gasteiger partial charge in [0.25, 0.3) is 0 Å². The van der Waals surface area contributed by atoms with Crippen molar-refractivity contribution >= 4 is 11.8 Å². The third-order valence-electron chi connectivity index (χ3n) is 2.94. The number of carbonyl (C=O) groups is 2. The molecule has 3 nitrogen and oxygen atoms in total. The Hall–Kier alpha value is -1.64. The molecule has 1 rings (SSSR count). The van der Waals surface area contributed by atoms with E-state index in [0.29, 0.717) is 23.7 Å². The highest BCUT2D eigenvalue weighted by Crippen LogP contribution is 2.28. The van der Waals surface area contributed by atoms with E-state index in [1.54, 1.807) is 24.3 Å². The highest BCUT2D eigenvalue weighted by molar-refractivity contribution is 5.99. The summed E-state index contributed by atoms with van der Waals surface area (Å²) >= 11 is 0. The number of rotatable bonds is 5. The lowest BCUT2D eigenvalue weighted by atomic mass is 9.83. The predicted octanol–water partition coefficient (Wildman–Crippen LogP) is 4.26. The van der Waals surface area contributed by atoms with Gasteiger partial charge in [-0.1, -0.05) is 39.8 Å². The number of Topliss-reactive ketones (excluding diaryl/α,β-unsaturated/α-hetero) is 1. The summed E-state index contributed by atoms with van der Waals surface area (Å²) in [5, 5.41) is 0. The number of hydrogen-bond donors (Lipinski definition) is 0. The standard InChI is InChI=1S/C17H24O3/c1-12(11-17(3,4)5)10-15(19)14-8-6-7-9-16(14)20-13(2)18/h6-9,12H,10-11H2,1-5H3. The third kappa shape index (κ3) is 5.55. The van der Waals surface area contributed by atoms with Gasteiger partial charge in [0.15, 0.2) is 5.78 Å². The second-order valence-corrected chi connectivity index (χ2v) is 6.59. The molecular weight excluding hydrogens is 252 g/mol. The summed E-state index contributed by atoms with van der Waals surface area (Å²) in [6.45, 7) is 9.92. The minimum absolute atomic E-state index is 0.0265. The fourth-order valence-electron chi connectivity index (χ4n) is 2.48. The SMILES string of the molecule is CC(=O)Oc1ccccc1C(=O)CC(C)CC(C)(C)C. The van der Waals surface area contributed by atoms with Crippen molar-refractivity contribution in [3.8, 4) is 5.75 Å². The van der Waals surface area contributed by atoms with Gasteiger partial charge in [-0.2, -0.15) is 0 Å². The van der Waals surface area contributed by atoms with Gasteiger partial charge in [-0.3, -0.25) is 9.59 Å². The van der Waals surface area contributed by atoms with Crippen molar-refractivity contribution in [2.75, 3.05) is 0 Å². The highest BCUT2D eigenvalue weighted by atomic mass is 16.5. The van der Waals surface area contributed by atoms with Gasteiger partial charge in [-0.05, 0) is 29.9 Å². The van der Waals surface area contributed by atoms with Gasteiger partial charge in [-0.15, -0.1) is 0 Å². The second kappa shape index (κ2) is 6.69. The van der Waals surface area contributed by atoms with Crippen LogP contribution >= 0.6 is 0 Å². The van der Waals surface area contributed by atoms with E-state index in [0.717, 1.165) is 6.42 Å². The van der Waals surface area contributed by atoms with Crippen LogP contribution in [0.1, 0.15) is 57.8 Å². The molecule has 0 saturated carbocycles. The van der Waals surface area contributed by atoms with E-state index in [-0.39, 0.29) is 11.2 Å². The van der Waals surface area contributed by atoms with Crippen LogP contribution in [0.25, 0.3) is 0 Å². The first kappa shape index (κ1) is 16.4. The molecule has 1 aromatic rings. The Bertz CT molecular complexity index is 483. The summed E-state index contributed by atoms with van der Waals surface area (Å²) in [4.78, 5) is 23.4. The van der Waals surface area contributed by atoms with E-state index in [1.165, 1.54) is 6.92 Å². The molecule has 0 saturated heterocycles. The van der Waals surface area contributed by atoms with Crippen LogP contribution in [0.3, 0.4) is 0 Å². The van der Waals surface area contributed by atoms with Crippen molar-refractivity contribution in [1.29, 1.82) is 0 Å². The monoisotopic (exact) mass is 276 g/mol. The first-order valence-electron chi connectivity index (χ1n) is 6.99. The number of ether oxygens (including phenoxy) is 1. The average Bonchev–Trinajstić information content (AvgIpc) is 2.25. The molecule has 1 atom stereocenters. The predicted molar refractivity (Wildman–Crippen MR) is 79.9 cm³/mol. The van der Waals surface area contributed by atoms with Crippen LogP contribution in [0.15, 0.2) is 24.3 Å². The maximum Gasteiger partial charge on any atom is 0.308 e. The topological polar surface area (TPSA) is 43.4 Å². The molecule has 20 heavy (non-hydrogen) atoms. The Kier molecular flexibility index (Phi) is 5.49. The molecule has 0 fully saturated rings. The van der Waals surface area contributed by atoms with Gasteiger partial charge in [0.2, 0.25) is 0 Å². The van der Waals surface area contributed by atoms with Gasteiger partial charge in [-0.25, -0.2) is 0 Å². The van der Waals surface area contributed by atoms with Crippen LogP contribution in [0.5, 0.6) is 5.75 Å². The Morgan fingerprint density at radius 1 is 1.20 bits per heavy atom. The second-order valence-electron chi connectivity index (χ2n) is 6.59. The lowest BCUT2D eigenvalue weighted by Gasteiger charge is -2.22. The summed E-state index contributed by atoms with van der Waals surface area (Å²) in [5.41, 5.74) is 0.693. The number of benzene rings is 1. The van der Waals surface area contributed by atoms with E-state index in [9.17, 15) is 9.59 Å². The fraction of sp³-hybridized carbons (Fsp3) is 0.529. The summed E-state index contributed by atoms with van der Waals surface area (Å²) in [5.74, 6) is 0.271. The van der Waals surface area contributed by atoms with Crippen molar-refractivity contribution in [2.45, 2.75) is 47.5 Å². The molecule has 0 aliphatic heterocycles. The van der Waals surface area contributed by atoms with Crippen LogP contribution in [0, 0.1) is 11.3 Å². The first-order valence-corrected chi connectivity index (χ1v) is 6.99. The summed E-state index contributed by atoms with van der Waals surface area (Å²) in [7, 11) is 0. The molecule has 0 N–H and O–H groups in total. The maximum absolute atomic E-state index is 12.4. The lowest BCUT2D eigenvalue weighted by molar-refractivity contribution is -0.131. The summed E-state index contributed by atoms with van der Waals surface area (Å²) in [6, 6.07) is 6.91. The largest absolute Gasteiger partial charge is 0.426 e. The minimum Gasteiger partial charge on any atom is -0.426 e. The molecule has 0 aliphatic rings. The molecule has 0 aliphatic carbocycles. The Morgan fingerprint density at radius 3 is 2.35 bits per heavy atom. The zero-order chi connectivity index (χ0) is 15.3. The Balaban J connectivity index is 2.80. The number of para-hydroxylation sites is 1. The number of hydrogen-bond acceptors (Lipinski definition) is 3. The van der Waals surface area contributed by atoms with Crippen molar-refractivity contribution in [1.82, 2.24) is 0 Å². The van der Waals surface area contributed by atoms with Crippen molar-refractivity contribution in [2.24, 2.45) is 11.3 Å². The molecular formula is C17H24O3. The van der Waals surface area contributed by atoms with Crippen LogP contribution in [0.2, 0.25) is 0 Å². The van der Waals surface area contributed by atoms with Gasteiger partial charge < -0.3 is 4.74 Å². The normalized spacial score (nSPS) is 12.8. The average molecular weight is 276 g/mol. The molecule has 1 aromatic carbocycles. The molecule has 0 spiro atoms. The van der Waals surface area contributed by atoms with Gasteiger partial charge in [0, 0.05) is 13.3 Å². The molecule has 0 aromatic heterocycles. The summed E-state index contributed by atoms with van der Waals surface area (Å²) in [6.07, 6.45) is 1.45. The van der Waals surface area contributed by atoms with Crippen molar-refractivity contribution < 1.29 is 14.3 Å². The molecule has 0 amide bonds. The van der Waals surface area contributed by atoms with Crippen molar-refractivity contribution in [3.05, 3.63) is 29.8 Å². The summed E-state index contributed by atoms with van der Waals surface area (Å²) < 4.78 is 5.09. The van der Waals surface area contributed by atoms with E-state index < -0.39 is 5.97 Å². The van der Waals surface area contributed by atoms with E-state index in [2.05, 4.69) is 27.7 Å². The van der Waals surface area contributed by atoms with Crippen LogP contribution in [-0.2, 0) is 4.79 Å². The Morgan fingerprint density at radius 2 is 1.80 bits per heavy atom. The third-order valence-corrected chi connectivity index (χ3v) is 2.94. The van der Waals surface area contributed by atoms with E-state index >= 15 is 0 Å². The molecule has 0 radical (unpaired) electrons. The van der Waals surface area contributed by atoms with Gasteiger partial charge >= 0.3 is 5.97 Å². The van der Waals surface area contributed by atoms with Crippen LogP contribution in [0.4, 0.5) is 0 Å². The zero-order valence-corrected chi connectivity index (χ0v) is 13.0. The minimum atomic E-state index is -0.409. The fourth-order valence-corrected chi connectivity index (χ4v) is 2.48. The lowest BCUT2D eigenvalue weighted by Crippen LogP contribution is -2.15. The van der Waals surface area contributed by atoms with E-state index in [4.69, 9.17) is 4.74 Å².